The van der Waals surface area contributed by atoms with E-state index in [4.69, 9.17) is 9.62 Å². The van der Waals surface area contributed by atoms with Crippen molar-refractivity contribution in [2.45, 2.75) is 32.1 Å². The highest BCUT2D eigenvalue weighted by Gasteiger charge is 2.30. The van der Waals surface area contributed by atoms with Crippen LogP contribution in [0, 0.1) is 12.8 Å². The number of hydrogen-bond donors (Lipinski definition) is 1. The van der Waals surface area contributed by atoms with E-state index in [1.807, 2.05) is 16.6 Å². The Morgan fingerprint density at radius 1 is 1.30 bits per heavy atom. The molecule has 2 fully saturated rings. The van der Waals surface area contributed by atoms with Crippen molar-refractivity contribution in [2.75, 3.05) is 24.5 Å². The highest BCUT2D eigenvalue weighted by atomic mass is 16.5. The number of hydrogen-bond acceptors (Lipinski definition) is 7. The summed E-state index contributed by atoms with van der Waals surface area (Å²) in [5, 5.41) is 19.9. The molecule has 1 saturated carbocycles. The molecule has 27 heavy (non-hydrogen) atoms. The quantitative estimate of drug-likeness (QED) is 0.730. The van der Waals surface area contributed by atoms with Crippen LogP contribution in [0.3, 0.4) is 0 Å². The molecule has 1 aliphatic carbocycles. The molecule has 0 radical (unpaired) electrons. The number of carbonyl (C=O) groups is 1. The summed E-state index contributed by atoms with van der Waals surface area (Å²) in [5.41, 5.74) is 1.29. The Morgan fingerprint density at radius 2 is 2.15 bits per heavy atom. The maximum absolute atomic E-state index is 12.1. The summed E-state index contributed by atoms with van der Waals surface area (Å²) in [6.07, 6.45) is 5.05. The van der Waals surface area contributed by atoms with Crippen LogP contribution in [0.1, 0.15) is 47.1 Å². The van der Waals surface area contributed by atoms with Gasteiger partial charge in [0.2, 0.25) is 0 Å². The second-order valence-electron chi connectivity index (χ2n) is 7.42. The number of anilines is 1. The molecule has 9 heteroatoms. The molecule has 0 spiro atoms. The lowest BCUT2D eigenvalue weighted by Gasteiger charge is -2.40. The summed E-state index contributed by atoms with van der Waals surface area (Å²) in [5.74, 6) is 3.20. The van der Waals surface area contributed by atoms with Crippen molar-refractivity contribution in [3.63, 3.8) is 0 Å². The highest BCUT2D eigenvalue weighted by Crippen LogP contribution is 2.35. The van der Waals surface area contributed by atoms with Crippen molar-refractivity contribution in [1.29, 1.82) is 0 Å². The zero-order valence-electron chi connectivity index (χ0n) is 15.1. The molecular formula is C18H21N7O2. The molecule has 0 unspecified atom stereocenters. The Bertz CT molecular complexity index is 985. The Labute approximate surface area is 155 Å². The van der Waals surface area contributed by atoms with Crippen LogP contribution in [-0.2, 0) is 0 Å². The molecule has 3 aromatic heterocycles. The third-order valence-corrected chi connectivity index (χ3v) is 5.57. The summed E-state index contributed by atoms with van der Waals surface area (Å²) < 4.78 is 6.83. The fraction of sp³-hybridized carbons (Fsp3) is 0.500. The van der Waals surface area contributed by atoms with Gasteiger partial charge in [-0.2, -0.15) is 4.52 Å². The van der Waals surface area contributed by atoms with E-state index in [2.05, 4.69) is 25.6 Å². The molecular weight excluding hydrogens is 346 g/mol. The summed E-state index contributed by atoms with van der Waals surface area (Å²) >= 11 is 0. The number of aromatic nitrogens is 5. The van der Waals surface area contributed by atoms with Crippen molar-refractivity contribution in [1.82, 2.24) is 30.3 Å². The monoisotopic (exact) mass is 367 g/mol. The lowest BCUT2D eigenvalue weighted by molar-refractivity contribution is 0.0943. The van der Waals surface area contributed by atoms with Crippen LogP contribution < -0.4 is 10.2 Å². The highest BCUT2D eigenvalue weighted by molar-refractivity contribution is 5.94. The molecule has 5 rings (SSSR count). The van der Waals surface area contributed by atoms with E-state index < -0.39 is 0 Å². The zero-order chi connectivity index (χ0) is 18.4. The SMILES string of the molecule is Cc1oncc1C(=O)NCC1CN(c2ccc3nnc(C4CCC4)n3n2)C1. The Kier molecular flexibility index (Phi) is 3.80. The fourth-order valence-electron chi connectivity index (χ4n) is 3.62. The first-order valence-corrected chi connectivity index (χ1v) is 9.36. The molecule has 4 heterocycles. The van der Waals surface area contributed by atoms with E-state index in [0.29, 0.717) is 29.7 Å². The second kappa shape index (κ2) is 6.33. The van der Waals surface area contributed by atoms with Crippen LogP contribution >= 0.6 is 0 Å². The standard InChI is InChI=1S/C18H21N7O2/c1-11-14(8-20-27-11)18(26)19-7-12-9-24(10-12)16-6-5-15-21-22-17(25(15)23-16)13-3-2-4-13/h5-6,8,12-13H,2-4,7,9-10H2,1H3,(H,19,26). The molecule has 1 amide bonds. The van der Waals surface area contributed by atoms with Crippen LogP contribution in [0.5, 0.6) is 0 Å². The smallest absolute Gasteiger partial charge is 0.256 e. The van der Waals surface area contributed by atoms with E-state index >= 15 is 0 Å². The summed E-state index contributed by atoms with van der Waals surface area (Å²) in [6, 6.07) is 3.96. The molecule has 1 saturated heterocycles. The van der Waals surface area contributed by atoms with Crippen LogP contribution in [0.2, 0.25) is 0 Å². The minimum Gasteiger partial charge on any atom is -0.361 e. The van der Waals surface area contributed by atoms with Gasteiger partial charge in [0.05, 0.1) is 6.20 Å². The maximum Gasteiger partial charge on any atom is 0.256 e. The van der Waals surface area contributed by atoms with E-state index in [0.717, 1.165) is 30.4 Å². The first kappa shape index (κ1) is 16.2. The normalized spacial score (nSPS) is 17.7. The summed E-state index contributed by atoms with van der Waals surface area (Å²) in [7, 11) is 0. The van der Waals surface area contributed by atoms with Gasteiger partial charge in [0.1, 0.15) is 17.1 Å². The molecule has 9 nitrogen and oxygen atoms in total. The zero-order valence-corrected chi connectivity index (χ0v) is 15.1. The van der Waals surface area contributed by atoms with E-state index in [1.165, 1.54) is 25.5 Å². The first-order chi connectivity index (χ1) is 13.2. The molecule has 0 bridgehead atoms. The Morgan fingerprint density at radius 3 is 2.85 bits per heavy atom. The van der Waals surface area contributed by atoms with E-state index in [1.54, 1.807) is 6.92 Å². The fourth-order valence-corrected chi connectivity index (χ4v) is 3.62. The Balaban J connectivity index is 1.20. The average molecular weight is 367 g/mol. The van der Waals surface area contributed by atoms with Gasteiger partial charge in [-0.1, -0.05) is 11.6 Å². The summed E-state index contributed by atoms with van der Waals surface area (Å²) in [4.78, 5) is 14.3. The molecule has 1 aliphatic heterocycles. The lowest BCUT2D eigenvalue weighted by atomic mass is 9.85. The van der Waals surface area contributed by atoms with Crippen LogP contribution in [0.4, 0.5) is 5.82 Å². The second-order valence-corrected chi connectivity index (χ2v) is 7.42. The van der Waals surface area contributed by atoms with E-state index in [-0.39, 0.29) is 5.91 Å². The number of aryl methyl sites for hydroxylation is 1. The van der Waals surface area contributed by atoms with Gasteiger partial charge in [0.15, 0.2) is 11.5 Å². The summed E-state index contributed by atoms with van der Waals surface area (Å²) in [6.45, 7) is 4.09. The number of rotatable bonds is 5. The van der Waals surface area contributed by atoms with Crippen molar-refractivity contribution in [2.24, 2.45) is 5.92 Å². The molecule has 3 aromatic rings. The number of fused-ring (bicyclic) bond motifs is 1. The Hall–Kier alpha value is -2.97. The van der Waals surface area contributed by atoms with Crippen LogP contribution in [0.15, 0.2) is 22.9 Å². The minimum atomic E-state index is -0.138. The average Bonchev–Trinajstić information content (AvgIpc) is 3.18. The van der Waals surface area contributed by atoms with Crippen molar-refractivity contribution >= 4 is 17.4 Å². The van der Waals surface area contributed by atoms with Gasteiger partial charge in [0.25, 0.3) is 5.91 Å². The number of amides is 1. The third kappa shape index (κ3) is 2.83. The van der Waals surface area contributed by atoms with Gasteiger partial charge in [0, 0.05) is 31.5 Å². The topological polar surface area (TPSA) is 101 Å². The van der Waals surface area contributed by atoms with Gasteiger partial charge in [-0.25, -0.2) is 0 Å². The first-order valence-electron chi connectivity index (χ1n) is 9.36. The van der Waals surface area contributed by atoms with Crippen molar-refractivity contribution in [3.8, 4) is 0 Å². The third-order valence-electron chi connectivity index (χ3n) is 5.57. The predicted molar refractivity (Wildman–Crippen MR) is 96.7 cm³/mol. The van der Waals surface area contributed by atoms with Gasteiger partial charge in [-0.05, 0) is 31.9 Å². The maximum atomic E-state index is 12.1. The van der Waals surface area contributed by atoms with Gasteiger partial charge in [-0.15, -0.1) is 15.3 Å². The number of nitrogens with zero attached hydrogens (tertiary/aromatic N) is 6. The molecule has 0 atom stereocenters. The lowest BCUT2D eigenvalue weighted by Crippen LogP contribution is -2.52. The number of carbonyl (C=O) groups excluding carboxylic acids is 1. The minimum absolute atomic E-state index is 0.138. The largest absolute Gasteiger partial charge is 0.361 e. The molecule has 0 aromatic carbocycles. The van der Waals surface area contributed by atoms with Crippen LogP contribution in [0.25, 0.3) is 5.65 Å². The van der Waals surface area contributed by atoms with Gasteiger partial charge in [-0.3, -0.25) is 4.79 Å². The van der Waals surface area contributed by atoms with E-state index in [9.17, 15) is 4.79 Å². The van der Waals surface area contributed by atoms with Crippen molar-refractivity contribution < 1.29 is 9.32 Å². The number of nitrogens with one attached hydrogen (secondary N) is 1. The predicted octanol–water partition coefficient (Wildman–Crippen LogP) is 1.55. The van der Waals surface area contributed by atoms with Crippen LogP contribution in [-0.4, -0.2) is 50.5 Å². The molecule has 140 valence electrons. The van der Waals surface area contributed by atoms with Crippen molar-refractivity contribution in [3.05, 3.63) is 35.5 Å². The van der Waals surface area contributed by atoms with Gasteiger partial charge >= 0.3 is 0 Å². The molecule has 1 N–H and O–H groups in total. The molecule has 2 aliphatic rings. The van der Waals surface area contributed by atoms with Gasteiger partial charge < -0.3 is 14.7 Å².